The van der Waals surface area contributed by atoms with Gasteiger partial charge in [-0.15, -0.1) is 0 Å². The van der Waals surface area contributed by atoms with Crippen LogP contribution in [0.25, 0.3) is 0 Å². The first-order valence-corrected chi connectivity index (χ1v) is 7.82. The van der Waals surface area contributed by atoms with Crippen LogP contribution >= 0.6 is 23.2 Å². The number of benzene rings is 2. The van der Waals surface area contributed by atoms with Crippen molar-refractivity contribution >= 4 is 29.2 Å². The molecule has 3 N–H and O–H groups in total. The Labute approximate surface area is 143 Å². The minimum absolute atomic E-state index is 0.00821. The van der Waals surface area contributed by atoms with E-state index >= 15 is 0 Å². The molecule has 0 aliphatic rings. The summed E-state index contributed by atoms with van der Waals surface area (Å²) in [5.74, 6) is -1.73. The fraction of sp³-hybridized carbons (Fsp3) is 0.235. The molecular formula is C17H16Cl2FNO2. The van der Waals surface area contributed by atoms with Gasteiger partial charge in [0, 0.05) is 23.4 Å². The Hall–Kier alpha value is -1.62. The van der Waals surface area contributed by atoms with Crippen LogP contribution in [-0.2, 0) is 4.79 Å². The lowest BCUT2D eigenvalue weighted by Crippen LogP contribution is -2.21. The Kier molecular flexibility index (Phi) is 5.99. The van der Waals surface area contributed by atoms with Gasteiger partial charge >= 0.3 is 5.97 Å². The first-order chi connectivity index (χ1) is 10.9. The maximum atomic E-state index is 13.4. The SMILES string of the molecule is N[C@H](c1ccc(Cl)cc1)[C@H](CCC(=O)O)c1ccc(F)c(Cl)c1. The zero-order valence-corrected chi connectivity index (χ0v) is 13.7. The zero-order chi connectivity index (χ0) is 17.0. The minimum Gasteiger partial charge on any atom is -0.481 e. The van der Waals surface area contributed by atoms with Crippen LogP contribution in [0.1, 0.15) is 35.9 Å². The fourth-order valence-corrected chi connectivity index (χ4v) is 2.81. The van der Waals surface area contributed by atoms with E-state index in [-0.39, 0.29) is 17.4 Å². The Bertz CT molecular complexity index is 691. The zero-order valence-electron chi connectivity index (χ0n) is 12.2. The molecule has 2 aromatic carbocycles. The van der Waals surface area contributed by atoms with Gasteiger partial charge in [0.1, 0.15) is 5.82 Å². The van der Waals surface area contributed by atoms with Gasteiger partial charge in [0.2, 0.25) is 0 Å². The molecular weight excluding hydrogens is 340 g/mol. The van der Waals surface area contributed by atoms with Crippen LogP contribution < -0.4 is 5.73 Å². The smallest absolute Gasteiger partial charge is 0.303 e. The van der Waals surface area contributed by atoms with Crippen molar-refractivity contribution < 1.29 is 14.3 Å². The number of carbonyl (C=O) groups is 1. The molecule has 0 aromatic heterocycles. The Morgan fingerprint density at radius 3 is 2.30 bits per heavy atom. The van der Waals surface area contributed by atoms with E-state index in [9.17, 15) is 9.18 Å². The quantitative estimate of drug-likeness (QED) is 0.783. The molecule has 0 unspecified atom stereocenters. The molecule has 2 rings (SSSR count). The van der Waals surface area contributed by atoms with Crippen LogP contribution in [0.15, 0.2) is 42.5 Å². The lowest BCUT2D eigenvalue weighted by atomic mass is 9.84. The van der Waals surface area contributed by atoms with Crippen LogP contribution in [0.3, 0.4) is 0 Å². The number of aliphatic carboxylic acids is 1. The van der Waals surface area contributed by atoms with E-state index in [0.717, 1.165) is 5.56 Å². The van der Waals surface area contributed by atoms with E-state index in [2.05, 4.69) is 0 Å². The van der Waals surface area contributed by atoms with Crippen molar-refractivity contribution in [3.63, 3.8) is 0 Å². The van der Waals surface area contributed by atoms with Crippen molar-refractivity contribution in [3.8, 4) is 0 Å². The highest BCUT2D eigenvalue weighted by Gasteiger charge is 2.23. The Morgan fingerprint density at radius 1 is 1.13 bits per heavy atom. The lowest BCUT2D eigenvalue weighted by Gasteiger charge is -2.25. The third kappa shape index (κ3) is 4.67. The van der Waals surface area contributed by atoms with Crippen molar-refractivity contribution in [2.45, 2.75) is 24.8 Å². The molecule has 0 spiro atoms. The predicted octanol–water partition coefficient (Wildman–Crippen LogP) is 4.78. The standard InChI is InChI=1S/C17H16Cl2FNO2/c18-12-4-1-10(2-5-12)17(21)13(6-8-16(22)23)11-3-7-15(20)14(19)9-11/h1-5,7,9,13,17H,6,8,21H2,(H,22,23)/t13-,17-/m1/s1. The van der Waals surface area contributed by atoms with Crippen molar-refractivity contribution in [1.29, 1.82) is 0 Å². The van der Waals surface area contributed by atoms with E-state index < -0.39 is 17.8 Å². The van der Waals surface area contributed by atoms with E-state index in [1.54, 1.807) is 30.3 Å². The summed E-state index contributed by atoms with van der Waals surface area (Å²) < 4.78 is 13.4. The number of hydrogen-bond donors (Lipinski definition) is 2. The van der Waals surface area contributed by atoms with Crippen LogP contribution in [0.2, 0.25) is 10.0 Å². The number of halogens is 3. The number of carboxylic acid groups (broad SMARTS) is 1. The molecule has 122 valence electrons. The maximum Gasteiger partial charge on any atom is 0.303 e. The van der Waals surface area contributed by atoms with Crippen LogP contribution in [0, 0.1) is 5.82 Å². The molecule has 0 aliphatic carbocycles. The molecule has 2 atom stereocenters. The van der Waals surface area contributed by atoms with Gasteiger partial charge in [-0.1, -0.05) is 41.4 Å². The molecule has 0 saturated heterocycles. The number of hydrogen-bond acceptors (Lipinski definition) is 2. The Morgan fingerprint density at radius 2 is 1.74 bits per heavy atom. The molecule has 0 heterocycles. The van der Waals surface area contributed by atoms with Gasteiger partial charge in [0.25, 0.3) is 0 Å². The summed E-state index contributed by atoms with van der Waals surface area (Å²) in [5, 5.41) is 9.53. The van der Waals surface area contributed by atoms with E-state index in [0.29, 0.717) is 17.0 Å². The van der Waals surface area contributed by atoms with Crippen LogP contribution in [0.5, 0.6) is 0 Å². The molecule has 3 nitrogen and oxygen atoms in total. The van der Waals surface area contributed by atoms with Crippen LogP contribution in [-0.4, -0.2) is 11.1 Å². The normalized spacial score (nSPS) is 13.6. The third-order valence-corrected chi connectivity index (χ3v) is 4.27. The highest BCUT2D eigenvalue weighted by molar-refractivity contribution is 6.31. The predicted molar refractivity (Wildman–Crippen MR) is 89.4 cm³/mol. The molecule has 0 aliphatic heterocycles. The van der Waals surface area contributed by atoms with Crippen LogP contribution in [0.4, 0.5) is 4.39 Å². The molecule has 0 bridgehead atoms. The molecule has 0 fully saturated rings. The average molecular weight is 356 g/mol. The monoisotopic (exact) mass is 355 g/mol. The molecule has 23 heavy (non-hydrogen) atoms. The van der Waals surface area contributed by atoms with Gasteiger partial charge in [-0.2, -0.15) is 0 Å². The minimum atomic E-state index is -0.911. The third-order valence-electron chi connectivity index (χ3n) is 3.73. The van der Waals surface area contributed by atoms with Gasteiger partial charge in [0.05, 0.1) is 5.02 Å². The summed E-state index contributed by atoms with van der Waals surface area (Å²) >= 11 is 11.7. The van der Waals surface area contributed by atoms with Crippen molar-refractivity contribution in [2.75, 3.05) is 0 Å². The molecule has 0 amide bonds. The van der Waals surface area contributed by atoms with Gasteiger partial charge in [0.15, 0.2) is 0 Å². The van der Waals surface area contributed by atoms with Gasteiger partial charge in [-0.05, 0) is 41.8 Å². The fourth-order valence-electron chi connectivity index (χ4n) is 2.49. The number of carboxylic acids is 1. The van der Waals surface area contributed by atoms with Crippen molar-refractivity contribution in [2.24, 2.45) is 5.73 Å². The molecule has 0 saturated carbocycles. The van der Waals surface area contributed by atoms with Crippen molar-refractivity contribution in [1.82, 2.24) is 0 Å². The highest BCUT2D eigenvalue weighted by Crippen LogP contribution is 2.35. The number of rotatable bonds is 6. The summed E-state index contributed by atoms with van der Waals surface area (Å²) in [6, 6.07) is 10.9. The molecule has 2 aromatic rings. The van der Waals surface area contributed by atoms with E-state index in [1.165, 1.54) is 12.1 Å². The van der Waals surface area contributed by atoms with Gasteiger partial charge in [-0.3, -0.25) is 4.79 Å². The van der Waals surface area contributed by atoms with Gasteiger partial charge < -0.3 is 10.8 Å². The first kappa shape index (κ1) is 17.7. The Balaban J connectivity index is 2.33. The maximum absolute atomic E-state index is 13.4. The largest absolute Gasteiger partial charge is 0.481 e. The molecule has 0 radical (unpaired) electrons. The highest BCUT2D eigenvalue weighted by atomic mass is 35.5. The topological polar surface area (TPSA) is 63.3 Å². The summed E-state index contributed by atoms with van der Waals surface area (Å²) in [4.78, 5) is 10.9. The summed E-state index contributed by atoms with van der Waals surface area (Å²) in [6.07, 6.45) is 0.280. The number of nitrogens with two attached hydrogens (primary N) is 1. The van der Waals surface area contributed by atoms with E-state index in [4.69, 9.17) is 34.0 Å². The van der Waals surface area contributed by atoms with E-state index in [1.807, 2.05) is 0 Å². The van der Waals surface area contributed by atoms with Crippen molar-refractivity contribution in [3.05, 3.63) is 69.5 Å². The second-order valence-electron chi connectivity index (χ2n) is 5.29. The summed E-state index contributed by atoms with van der Waals surface area (Å²) in [7, 11) is 0. The first-order valence-electron chi connectivity index (χ1n) is 7.06. The summed E-state index contributed by atoms with van der Waals surface area (Å²) in [5.41, 5.74) is 7.86. The second kappa shape index (κ2) is 7.77. The summed E-state index contributed by atoms with van der Waals surface area (Å²) in [6.45, 7) is 0. The second-order valence-corrected chi connectivity index (χ2v) is 6.13. The lowest BCUT2D eigenvalue weighted by molar-refractivity contribution is -0.137. The average Bonchev–Trinajstić information content (AvgIpc) is 2.51. The molecule has 6 heteroatoms. The van der Waals surface area contributed by atoms with Gasteiger partial charge in [-0.25, -0.2) is 4.39 Å².